The number of hydrogen-bond donors (Lipinski definition) is 1. The molecule has 32 heavy (non-hydrogen) atoms. The Hall–Kier alpha value is -3.57. The Balaban J connectivity index is 1.57. The van der Waals surface area contributed by atoms with Gasteiger partial charge in [0.2, 0.25) is 5.91 Å². The van der Waals surface area contributed by atoms with Crippen LogP contribution in [0.4, 0.5) is 0 Å². The molecule has 0 radical (unpaired) electrons. The summed E-state index contributed by atoms with van der Waals surface area (Å²) in [5.41, 5.74) is 1.06. The summed E-state index contributed by atoms with van der Waals surface area (Å²) >= 11 is 0. The number of methoxy groups -OCH3 is 1. The fourth-order valence-corrected chi connectivity index (χ4v) is 3.73. The summed E-state index contributed by atoms with van der Waals surface area (Å²) in [6, 6.07) is 15.6. The monoisotopic (exact) mass is 436 g/mol. The summed E-state index contributed by atoms with van der Waals surface area (Å²) in [5, 5.41) is 11.7. The second-order valence-electron chi connectivity index (χ2n) is 7.50. The smallest absolute Gasteiger partial charge is 0.254 e. The maximum absolute atomic E-state index is 13.1. The zero-order chi connectivity index (χ0) is 22.9. The van der Waals surface area contributed by atoms with Crippen LogP contribution in [-0.4, -0.2) is 74.6 Å². The van der Waals surface area contributed by atoms with E-state index < -0.39 is 6.04 Å². The Morgan fingerprint density at radius 1 is 1.16 bits per heavy atom. The number of nitrogens with one attached hydrogen (secondary N) is 1. The van der Waals surface area contributed by atoms with Crippen molar-refractivity contribution in [3.63, 3.8) is 0 Å². The van der Waals surface area contributed by atoms with Gasteiger partial charge < -0.3 is 19.7 Å². The number of ether oxygens (including phenoxy) is 2. The van der Waals surface area contributed by atoms with Crippen LogP contribution in [0.2, 0.25) is 0 Å². The van der Waals surface area contributed by atoms with E-state index in [1.807, 2.05) is 6.07 Å². The van der Waals surface area contributed by atoms with Gasteiger partial charge in [-0.05, 0) is 42.8 Å². The molecule has 1 aliphatic rings. The summed E-state index contributed by atoms with van der Waals surface area (Å²) in [7, 11) is 3.14. The minimum Gasteiger partial charge on any atom is -0.497 e. The molecule has 0 aromatic heterocycles. The molecule has 2 aromatic rings. The van der Waals surface area contributed by atoms with Crippen molar-refractivity contribution in [1.82, 2.24) is 15.1 Å². The average molecular weight is 437 g/mol. The number of nitriles is 1. The van der Waals surface area contributed by atoms with Gasteiger partial charge in [-0.1, -0.05) is 12.1 Å². The Kier molecular flexibility index (Phi) is 8.06. The number of hydrogen-bond acceptors (Lipinski definition) is 6. The van der Waals surface area contributed by atoms with Crippen LogP contribution in [0.1, 0.15) is 22.3 Å². The first kappa shape index (κ1) is 23.1. The van der Waals surface area contributed by atoms with E-state index in [1.54, 1.807) is 61.5 Å². The Morgan fingerprint density at radius 2 is 1.94 bits per heavy atom. The molecule has 0 bridgehead atoms. The maximum Gasteiger partial charge on any atom is 0.254 e. The van der Waals surface area contributed by atoms with E-state index in [4.69, 9.17) is 14.7 Å². The lowest BCUT2D eigenvalue weighted by Gasteiger charge is -2.40. The summed E-state index contributed by atoms with van der Waals surface area (Å²) < 4.78 is 11.0. The van der Waals surface area contributed by atoms with Gasteiger partial charge in [-0.15, -0.1) is 0 Å². The van der Waals surface area contributed by atoms with Gasteiger partial charge in [0.25, 0.3) is 5.91 Å². The van der Waals surface area contributed by atoms with E-state index in [2.05, 4.69) is 16.3 Å². The van der Waals surface area contributed by atoms with Crippen molar-refractivity contribution in [3.05, 3.63) is 59.7 Å². The number of carbonyl (C=O) groups is 2. The molecule has 2 amide bonds. The predicted molar refractivity (Wildman–Crippen MR) is 120 cm³/mol. The summed E-state index contributed by atoms with van der Waals surface area (Å²) in [4.78, 5) is 29.5. The molecule has 1 N–H and O–H groups in total. The highest BCUT2D eigenvalue weighted by Crippen LogP contribution is 2.19. The van der Waals surface area contributed by atoms with Gasteiger partial charge in [0, 0.05) is 38.8 Å². The lowest BCUT2D eigenvalue weighted by atomic mass is 10.1. The number of rotatable bonds is 8. The van der Waals surface area contributed by atoms with Crippen molar-refractivity contribution in [3.8, 4) is 17.6 Å². The molecule has 1 atom stereocenters. The van der Waals surface area contributed by atoms with Crippen LogP contribution in [0.15, 0.2) is 48.5 Å². The number of likely N-dealkylation sites (N-methyl/N-ethyl adjacent to an activating group) is 1. The van der Waals surface area contributed by atoms with E-state index >= 15 is 0 Å². The minimum atomic E-state index is -0.569. The fraction of sp³-hybridized carbons (Fsp3) is 0.375. The number of piperazine rings is 1. The van der Waals surface area contributed by atoms with Gasteiger partial charge in [-0.3, -0.25) is 14.5 Å². The molecule has 1 fully saturated rings. The van der Waals surface area contributed by atoms with Crippen LogP contribution in [0.25, 0.3) is 0 Å². The normalized spacial score (nSPS) is 16.2. The first-order valence-corrected chi connectivity index (χ1v) is 10.6. The quantitative estimate of drug-likeness (QED) is 0.636. The third kappa shape index (κ3) is 5.77. The number of benzene rings is 2. The highest BCUT2D eigenvalue weighted by molar-refractivity contribution is 5.98. The minimum absolute atomic E-state index is 0.183. The molecule has 1 unspecified atom stereocenters. The zero-order valence-electron chi connectivity index (χ0n) is 18.4. The molecule has 1 heterocycles. The van der Waals surface area contributed by atoms with Crippen molar-refractivity contribution in [2.24, 2.45) is 0 Å². The molecule has 168 valence electrons. The first-order chi connectivity index (χ1) is 15.5. The number of carbonyl (C=O) groups excluding carboxylic acids is 2. The van der Waals surface area contributed by atoms with E-state index in [9.17, 15) is 9.59 Å². The summed E-state index contributed by atoms with van der Waals surface area (Å²) in [5.74, 6) is 0.903. The van der Waals surface area contributed by atoms with Gasteiger partial charge in [0.1, 0.15) is 17.5 Å². The van der Waals surface area contributed by atoms with Gasteiger partial charge >= 0.3 is 0 Å². The molecule has 3 rings (SSSR count). The van der Waals surface area contributed by atoms with Crippen molar-refractivity contribution >= 4 is 11.8 Å². The molecule has 1 aliphatic heterocycles. The third-order valence-electron chi connectivity index (χ3n) is 5.44. The van der Waals surface area contributed by atoms with Crippen LogP contribution in [0, 0.1) is 11.3 Å². The van der Waals surface area contributed by atoms with Crippen LogP contribution in [0.5, 0.6) is 11.5 Å². The van der Waals surface area contributed by atoms with E-state index in [1.165, 1.54) is 0 Å². The molecule has 8 heteroatoms. The van der Waals surface area contributed by atoms with Crippen LogP contribution < -0.4 is 14.8 Å². The lowest BCUT2D eigenvalue weighted by molar-refractivity contribution is -0.127. The molecular weight excluding hydrogens is 408 g/mol. The van der Waals surface area contributed by atoms with E-state index in [0.717, 1.165) is 13.0 Å². The van der Waals surface area contributed by atoms with Crippen LogP contribution in [-0.2, 0) is 4.79 Å². The van der Waals surface area contributed by atoms with Crippen molar-refractivity contribution in [1.29, 1.82) is 5.26 Å². The van der Waals surface area contributed by atoms with Crippen molar-refractivity contribution < 1.29 is 19.1 Å². The SMILES string of the molecule is CNC(=O)C1CN(CCCOc2cccc(C#N)c2)CCN1C(=O)c1cccc(OC)c1. The van der Waals surface area contributed by atoms with Gasteiger partial charge in [-0.2, -0.15) is 5.26 Å². The Labute approximate surface area is 188 Å². The second-order valence-corrected chi connectivity index (χ2v) is 7.50. The molecule has 8 nitrogen and oxygen atoms in total. The standard InChI is InChI=1S/C24H28N4O4/c1-26-23(29)22-17-27(10-5-13-32-21-9-3-6-18(14-21)16-25)11-12-28(22)24(30)19-7-4-8-20(15-19)31-2/h3-4,6-9,14-15,22H,5,10-13,17H2,1-2H3,(H,26,29). The van der Waals surface area contributed by atoms with Gasteiger partial charge in [0.15, 0.2) is 0 Å². The largest absolute Gasteiger partial charge is 0.497 e. The lowest BCUT2D eigenvalue weighted by Crippen LogP contribution is -2.60. The van der Waals surface area contributed by atoms with E-state index in [-0.39, 0.29) is 11.8 Å². The molecule has 1 saturated heterocycles. The topological polar surface area (TPSA) is 94.9 Å². The average Bonchev–Trinajstić information content (AvgIpc) is 2.85. The number of nitrogens with zero attached hydrogens (tertiary/aromatic N) is 3. The van der Waals surface area contributed by atoms with Crippen LogP contribution >= 0.6 is 0 Å². The molecule has 0 saturated carbocycles. The summed E-state index contributed by atoms with van der Waals surface area (Å²) in [6.45, 7) is 2.83. The predicted octanol–water partition coefficient (Wildman–Crippen LogP) is 1.91. The number of amides is 2. The maximum atomic E-state index is 13.1. The highest BCUT2D eigenvalue weighted by Gasteiger charge is 2.35. The van der Waals surface area contributed by atoms with Gasteiger partial charge in [-0.25, -0.2) is 0 Å². The van der Waals surface area contributed by atoms with Crippen molar-refractivity contribution in [2.75, 3.05) is 46.9 Å². The van der Waals surface area contributed by atoms with E-state index in [0.29, 0.717) is 48.9 Å². The van der Waals surface area contributed by atoms with Crippen LogP contribution in [0.3, 0.4) is 0 Å². The van der Waals surface area contributed by atoms with Gasteiger partial charge in [0.05, 0.1) is 25.3 Å². The third-order valence-corrected chi connectivity index (χ3v) is 5.44. The molecular formula is C24H28N4O4. The second kappa shape index (κ2) is 11.2. The highest BCUT2D eigenvalue weighted by atomic mass is 16.5. The fourth-order valence-electron chi connectivity index (χ4n) is 3.73. The summed E-state index contributed by atoms with van der Waals surface area (Å²) in [6.07, 6.45) is 0.765. The molecule has 0 aliphatic carbocycles. The molecule has 0 spiro atoms. The Bertz CT molecular complexity index is 988. The zero-order valence-corrected chi connectivity index (χ0v) is 18.4. The Morgan fingerprint density at radius 3 is 2.69 bits per heavy atom. The first-order valence-electron chi connectivity index (χ1n) is 10.6. The van der Waals surface area contributed by atoms with Crippen molar-refractivity contribution in [2.45, 2.75) is 12.5 Å². The molecule has 2 aromatic carbocycles.